The fraction of sp³-hybridized carbons (Fsp3) is 0.130. The van der Waals surface area contributed by atoms with Crippen LogP contribution in [0.15, 0.2) is 65.8 Å². The summed E-state index contributed by atoms with van der Waals surface area (Å²) in [5, 5.41) is 13.9. The van der Waals surface area contributed by atoms with E-state index in [4.69, 9.17) is 0 Å². The third-order valence-corrected chi connectivity index (χ3v) is 5.25. The summed E-state index contributed by atoms with van der Waals surface area (Å²) in [6.45, 7) is 2.71. The first-order chi connectivity index (χ1) is 15.6. The van der Waals surface area contributed by atoms with E-state index in [1.165, 1.54) is 23.2 Å². The fourth-order valence-corrected chi connectivity index (χ4v) is 3.46. The molecule has 32 heavy (non-hydrogen) atoms. The lowest BCUT2D eigenvalue weighted by Gasteiger charge is -2.08. The number of carbonyl (C=O) groups excluding carboxylic acids is 1. The Bertz CT molecular complexity index is 1500. The van der Waals surface area contributed by atoms with Crippen LogP contribution in [0.5, 0.6) is 0 Å². The van der Waals surface area contributed by atoms with E-state index in [1.54, 1.807) is 0 Å². The maximum Gasteiger partial charge on any atom is 0.270 e. The van der Waals surface area contributed by atoms with Gasteiger partial charge in [-0.3, -0.25) is 14.2 Å². The molecule has 0 saturated heterocycles. The van der Waals surface area contributed by atoms with Crippen molar-refractivity contribution in [3.8, 4) is 0 Å². The number of nitrogens with one attached hydrogen (secondary N) is 2. The summed E-state index contributed by atoms with van der Waals surface area (Å²) in [5.41, 5.74) is 4.87. The largest absolute Gasteiger partial charge is 0.347 e. The number of fused-ring (bicyclic) bond motifs is 2. The fourth-order valence-electron chi connectivity index (χ4n) is 3.46. The molecular weight excluding hydrogens is 406 g/mol. The van der Waals surface area contributed by atoms with Gasteiger partial charge < -0.3 is 5.32 Å². The van der Waals surface area contributed by atoms with Crippen molar-refractivity contribution < 1.29 is 4.79 Å². The Balaban J connectivity index is 1.39. The Hall–Kier alpha value is -4.40. The maximum atomic E-state index is 13.1. The molecule has 0 unspecified atom stereocenters. The molecule has 9 heteroatoms. The first-order valence-corrected chi connectivity index (χ1v) is 10.1. The third-order valence-electron chi connectivity index (χ3n) is 5.25. The number of nitrogens with zero attached hydrogens (tertiary/aromatic N) is 5. The Labute approximate surface area is 182 Å². The Morgan fingerprint density at radius 2 is 1.75 bits per heavy atom. The molecule has 5 rings (SSSR count). The Morgan fingerprint density at radius 1 is 0.969 bits per heavy atom. The van der Waals surface area contributed by atoms with Gasteiger partial charge in [0.05, 0.1) is 30.0 Å². The smallest absolute Gasteiger partial charge is 0.270 e. The van der Waals surface area contributed by atoms with Crippen molar-refractivity contribution in [2.45, 2.75) is 20.0 Å². The first kappa shape index (κ1) is 19.6. The van der Waals surface area contributed by atoms with E-state index >= 15 is 0 Å². The maximum absolute atomic E-state index is 13.1. The Kier molecular flexibility index (Phi) is 4.91. The van der Waals surface area contributed by atoms with Gasteiger partial charge >= 0.3 is 0 Å². The van der Waals surface area contributed by atoms with Crippen LogP contribution in [0.25, 0.3) is 21.9 Å². The molecule has 9 nitrogen and oxygen atoms in total. The number of carbonyl (C=O) groups is 1. The van der Waals surface area contributed by atoms with E-state index in [-0.39, 0.29) is 17.2 Å². The molecule has 158 valence electrons. The molecule has 0 spiro atoms. The molecule has 5 aromatic rings. The molecule has 1 amide bonds. The lowest BCUT2D eigenvalue weighted by molar-refractivity contribution is 0.0946. The number of hydrogen-bond donors (Lipinski definition) is 2. The molecule has 3 heterocycles. The van der Waals surface area contributed by atoms with Crippen LogP contribution in [-0.2, 0) is 13.1 Å². The number of pyridine rings is 1. The predicted octanol–water partition coefficient (Wildman–Crippen LogP) is 2.35. The SMILES string of the molecule is Cc1ccc(CNC(=O)c2cc3c(=O)n(Cc4ccc5n[nH]nc5c4)cnc3cn2)cc1. The van der Waals surface area contributed by atoms with Gasteiger partial charge in [-0.1, -0.05) is 35.9 Å². The number of aromatic nitrogens is 6. The average molecular weight is 425 g/mol. The van der Waals surface area contributed by atoms with Crippen LogP contribution >= 0.6 is 0 Å². The van der Waals surface area contributed by atoms with Crippen LogP contribution in [0.4, 0.5) is 0 Å². The summed E-state index contributed by atoms with van der Waals surface area (Å²) in [6.07, 6.45) is 2.93. The highest BCUT2D eigenvalue weighted by atomic mass is 16.2. The highest BCUT2D eigenvalue weighted by Crippen LogP contribution is 2.13. The zero-order chi connectivity index (χ0) is 22.1. The first-order valence-electron chi connectivity index (χ1n) is 10.1. The average Bonchev–Trinajstić information content (AvgIpc) is 3.28. The molecule has 2 aromatic carbocycles. The number of benzene rings is 2. The van der Waals surface area contributed by atoms with E-state index in [9.17, 15) is 9.59 Å². The predicted molar refractivity (Wildman–Crippen MR) is 119 cm³/mol. The number of hydrogen-bond acceptors (Lipinski definition) is 6. The lowest BCUT2D eigenvalue weighted by Crippen LogP contribution is -2.25. The quantitative estimate of drug-likeness (QED) is 0.446. The molecule has 0 aliphatic carbocycles. The van der Waals surface area contributed by atoms with E-state index in [0.29, 0.717) is 24.0 Å². The van der Waals surface area contributed by atoms with Crippen molar-refractivity contribution in [1.82, 2.24) is 35.3 Å². The molecule has 0 atom stereocenters. The summed E-state index contributed by atoms with van der Waals surface area (Å²) in [7, 11) is 0. The van der Waals surface area contributed by atoms with Crippen LogP contribution in [0, 0.1) is 6.92 Å². The van der Waals surface area contributed by atoms with Crippen molar-refractivity contribution in [1.29, 1.82) is 0 Å². The summed E-state index contributed by atoms with van der Waals surface area (Å²) in [5.74, 6) is -0.348. The molecule has 0 aliphatic rings. The van der Waals surface area contributed by atoms with Gasteiger partial charge in [-0.25, -0.2) is 9.97 Å². The monoisotopic (exact) mass is 425 g/mol. The van der Waals surface area contributed by atoms with Crippen LogP contribution in [0.2, 0.25) is 0 Å². The van der Waals surface area contributed by atoms with E-state index in [2.05, 4.69) is 30.7 Å². The minimum Gasteiger partial charge on any atom is -0.347 e. The normalized spacial score (nSPS) is 11.2. The summed E-state index contributed by atoms with van der Waals surface area (Å²) in [6, 6.07) is 15.0. The molecular formula is C23H19N7O2. The summed E-state index contributed by atoms with van der Waals surface area (Å²) < 4.78 is 1.50. The molecule has 3 aromatic heterocycles. The highest BCUT2D eigenvalue weighted by molar-refractivity contribution is 5.95. The van der Waals surface area contributed by atoms with Gasteiger partial charge in [-0.2, -0.15) is 15.4 Å². The van der Waals surface area contributed by atoms with Crippen molar-refractivity contribution in [2.75, 3.05) is 0 Å². The van der Waals surface area contributed by atoms with Crippen LogP contribution < -0.4 is 10.9 Å². The van der Waals surface area contributed by atoms with E-state index in [0.717, 1.165) is 27.7 Å². The lowest BCUT2D eigenvalue weighted by atomic mass is 10.1. The number of aryl methyl sites for hydroxylation is 1. The molecule has 0 aliphatic heterocycles. The zero-order valence-electron chi connectivity index (χ0n) is 17.2. The Morgan fingerprint density at radius 3 is 2.59 bits per heavy atom. The second kappa shape index (κ2) is 8.03. The van der Waals surface area contributed by atoms with Crippen molar-refractivity contribution in [2.24, 2.45) is 0 Å². The second-order valence-electron chi connectivity index (χ2n) is 7.58. The number of H-pyrrole nitrogens is 1. The number of rotatable bonds is 5. The van der Waals surface area contributed by atoms with Gasteiger partial charge in [0, 0.05) is 6.54 Å². The summed E-state index contributed by atoms with van der Waals surface area (Å²) in [4.78, 5) is 34.2. The molecule has 0 saturated carbocycles. The summed E-state index contributed by atoms with van der Waals surface area (Å²) >= 11 is 0. The van der Waals surface area contributed by atoms with E-state index < -0.39 is 0 Å². The van der Waals surface area contributed by atoms with E-state index in [1.807, 2.05) is 49.4 Å². The molecule has 0 fully saturated rings. The standard InChI is InChI=1S/C23H19N7O2/c1-14-2-4-15(5-3-14)10-25-22(31)20-9-17-21(11-24-20)26-13-30(23(17)32)12-16-6-7-18-19(8-16)28-29-27-18/h2-9,11,13H,10,12H2,1H3,(H,25,31)(H,27,28,29). The minimum atomic E-state index is -0.348. The van der Waals surface area contributed by atoms with Gasteiger partial charge in [-0.15, -0.1) is 0 Å². The van der Waals surface area contributed by atoms with Crippen LogP contribution in [0.1, 0.15) is 27.2 Å². The van der Waals surface area contributed by atoms with Gasteiger partial charge in [0.1, 0.15) is 16.7 Å². The highest BCUT2D eigenvalue weighted by Gasteiger charge is 2.12. The van der Waals surface area contributed by atoms with Crippen molar-refractivity contribution in [3.63, 3.8) is 0 Å². The minimum absolute atomic E-state index is 0.172. The number of amides is 1. The van der Waals surface area contributed by atoms with Crippen LogP contribution in [-0.4, -0.2) is 35.9 Å². The molecule has 0 bridgehead atoms. The van der Waals surface area contributed by atoms with Gasteiger partial charge in [0.15, 0.2) is 0 Å². The van der Waals surface area contributed by atoms with Crippen LogP contribution in [0.3, 0.4) is 0 Å². The van der Waals surface area contributed by atoms with Gasteiger partial charge in [0.2, 0.25) is 0 Å². The topological polar surface area (TPSA) is 118 Å². The van der Waals surface area contributed by atoms with Crippen molar-refractivity contribution >= 4 is 27.8 Å². The molecule has 2 N–H and O–H groups in total. The van der Waals surface area contributed by atoms with Gasteiger partial charge in [-0.05, 0) is 36.2 Å². The second-order valence-corrected chi connectivity index (χ2v) is 7.58. The van der Waals surface area contributed by atoms with Crippen molar-refractivity contribution in [3.05, 3.63) is 93.8 Å². The molecule has 0 radical (unpaired) electrons. The van der Waals surface area contributed by atoms with Gasteiger partial charge in [0.25, 0.3) is 11.5 Å². The third kappa shape index (κ3) is 3.83. The number of aromatic amines is 1. The zero-order valence-corrected chi connectivity index (χ0v) is 17.2.